The van der Waals surface area contributed by atoms with Gasteiger partial charge >= 0.3 is 12.3 Å². The van der Waals surface area contributed by atoms with Crippen LogP contribution in [0.5, 0.6) is 5.75 Å². The Morgan fingerprint density at radius 1 is 1.19 bits per heavy atom. The molecule has 5 nitrogen and oxygen atoms in total. The molecule has 0 atom stereocenters. The number of carbonyl (C=O) groups is 2. The number of carboxylic acids is 1. The summed E-state index contributed by atoms with van der Waals surface area (Å²) in [6, 6.07) is 4.30. The van der Waals surface area contributed by atoms with E-state index in [0.29, 0.717) is 12.8 Å². The molecule has 1 aromatic carbocycles. The van der Waals surface area contributed by atoms with E-state index in [9.17, 15) is 22.8 Å². The third-order valence-electron chi connectivity index (χ3n) is 3.17. The molecular formula is C13H12F3NO4. The van der Waals surface area contributed by atoms with E-state index in [4.69, 9.17) is 5.11 Å². The van der Waals surface area contributed by atoms with Crippen LogP contribution < -0.4 is 10.1 Å². The Labute approximate surface area is 117 Å². The zero-order chi connectivity index (χ0) is 15.6. The van der Waals surface area contributed by atoms with Crippen molar-refractivity contribution in [2.75, 3.05) is 0 Å². The zero-order valence-corrected chi connectivity index (χ0v) is 10.7. The molecule has 0 spiro atoms. The first kappa shape index (κ1) is 15.1. The van der Waals surface area contributed by atoms with Crippen molar-refractivity contribution >= 4 is 11.9 Å². The molecule has 0 aliphatic heterocycles. The quantitative estimate of drug-likeness (QED) is 0.894. The summed E-state index contributed by atoms with van der Waals surface area (Å²) in [6.07, 6.45) is -4.06. The van der Waals surface area contributed by atoms with Gasteiger partial charge in [0.2, 0.25) is 0 Å². The van der Waals surface area contributed by atoms with Gasteiger partial charge in [-0.1, -0.05) is 0 Å². The maximum atomic E-state index is 12.0. The molecule has 1 amide bonds. The van der Waals surface area contributed by atoms with Crippen LogP contribution >= 0.6 is 0 Å². The summed E-state index contributed by atoms with van der Waals surface area (Å²) in [5.41, 5.74) is 0.184. The summed E-state index contributed by atoms with van der Waals surface area (Å²) in [5, 5.41) is 11.3. The van der Waals surface area contributed by atoms with Gasteiger partial charge in [0, 0.05) is 11.6 Å². The second kappa shape index (κ2) is 5.63. The number of hydrogen-bond donors (Lipinski definition) is 2. The number of rotatable bonds is 4. The molecule has 0 radical (unpaired) electrons. The van der Waals surface area contributed by atoms with E-state index in [1.165, 1.54) is 12.1 Å². The Kier molecular flexibility index (Phi) is 4.06. The van der Waals surface area contributed by atoms with Gasteiger partial charge in [0.05, 0.1) is 5.92 Å². The molecule has 0 aromatic heterocycles. The van der Waals surface area contributed by atoms with Gasteiger partial charge in [-0.25, -0.2) is 0 Å². The van der Waals surface area contributed by atoms with Crippen LogP contribution in [0.1, 0.15) is 23.2 Å². The van der Waals surface area contributed by atoms with E-state index < -0.39 is 29.9 Å². The van der Waals surface area contributed by atoms with Crippen LogP contribution in [0.3, 0.4) is 0 Å². The topological polar surface area (TPSA) is 75.6 Å². The van der Waals surface area contributed by atoms with Crippen molar-refractivity contribution in [3.05, 3.63) is 29.8 Å². The lowest BCUT2D eigenvalue weighted by molar-refractivity contribution is -0.274. The highest BCUT2D eigenvalue weighted by atomic mass is 19.4. The Hall–Kier alpha value is -2.25. The first-order valence-corrected chi connectivity index (χ1v) is 6.14. The maximum Gasteiger partial charge on any atom is 0.573 e. The number of amides is 1. The highest BCUT2D eigenvalue weighted by Crippen LogP contribution is 2.28. The number of benzene rings is 1. The number of ether oxygens (including phenoxy) is 1. The van der Waals surface area contributed by atoms with E-state index in [0.717, 1.165) is 12.1 Å². The Morgan fingerprint density at radius 3 is 2.24 bits per heavy atom. The summed E-state index contributed by atoms with van der Waals surface area (Å²) < 4.78 is 39.6. The predicted octanol–water partition coefficient (Wildman–Crippen LogP) is 2.18. The lowest BCUT2D eigenvalue weighted by Crippen LogP contribution is -2.46. The van der Waals surface area contributed by atoms with Gasteiger partial charge in [-0.05, 0) is 37.1 Å². The monoisotopic (exact) mass is 303 g/mol. The molecule has 0 unspecified atom stereocenters. The molecule has 1 aliphatic carbocycles. The van der Waals surface area contributed by atoms with Crippen LogP contribution in [0, 0.1) is 5.92 Å². The largest absolute Gasteiger partial charge is 0.573 e. The fourth-order valence-electron chi connectivity index (χ4n) is 2.01. The number of halogens is 3. The zero-order valence-electron chi connectivity index (χ0n) is 10.7. The maximum absolute atomic E-state index is 12.0. The van der Waals surface area contributed by atoms with Crippen molar-refractivity contribution in [1.82, 2.24) is 5.32 Å². The van der Waals surface area contributed by atoms with Crippen LogP contribution in [-0.4, -0.2) is 29.4 Å². The Morgan fingerprint density at radius 2 is 1.76 bits per heavy atom. The van der Waals surface area contributed by atoms with Crippen molar-refractivity contribution in [2.45, 2.75) is 25.2 Å². The van der Waals surface area contributed by atoms with Crippen LogP contribution in [0.15, 0.2) is 24.3 Å². The van der Waals surface area contributed by atoms with Gasteiger partial charge in [-0.3, -0.25) is 9.59 Å². The molecule has 114 valence electrons. The molecule has 1 aromatic rings. The van der Waals surface area contributed by atoms with Crippen molar-refractivity contribution in [2.24, 2.45) is 5.92 Å². The third-order valence-corrected chi connectivity index (χ3v) is 3.17. The van der Waals surface area contributed by atoms with Crippen molar-refractivity contribution in [3.8, 4) is 5.75 Å². The smallest absolute Gasteiger partial charge is 0.481 e. The standard InChI is InChI=1S/C13H12F3NO4/c14-13(15,16)21-10-3-1-7(2-4-10)11(18)17-9-5-8(6-9)12(19)20/h1-4,8-9H,5-6H2,(H,17,18)(H,19,20). The van der Waals surface area contributed by atoms with E-state index in [1.54, 1.807) is 0 Å². The lowest BCUT2D eigenvalue weighted by atomic mass is 9.80. The lowest BCUT2D eigenvalue weighted by Gasteiger charge is -2.32. The second-order valence-corrected chi connectivity index (χ2v) is 4.75. The fourth-order valence-corrected chi connectivity index (χ4v) is 2.01. The number of hydrogen-bond acceptors (Lipinski definition) is 3. The molecule has 0 bridgehead atoms. The predicted molar refractivity (Wildman–Crippen MR) is 64.7 cm³/mol. The highest BCUT2D eigenvalue weighted by molar-refractivity contribution is 5.94. The van der Waals surface area contributed by atoms with Crippen LogP contribution in [0.4, 0.5) is 13.2 Å². The summed E-state index contributed by atoms with van der Waals surface area (Å²) in [4.78, 5) is 22.4. The number of alkyl halides is 3. The van der Waals surface area contributed by atoms with Gasteiger partial charge in [-0.15, -0.1) is 13.2 Å². The minimum atomic E-state index is -4.78. The SMILES string of the molecule is O=C(NC1CC(C(=O)O)C1)c1ccc(OC(F)(F)F)cc1. The Balaban J connectivity index is 1.88. The molecular weight excluding hydrogens is 291 g/mol. The van der Waals surface area contributed by atoms with Crippen molar-refractivity contribution in [3.63, 3.8) is 0 Å². The van der Waals surface area contributed by atoms with E-state index in [-0.39, 0.29) is 11.6 Å². The summed E-state index contributed by atoms with van der Waals surface area (Å²) in [6.45, 7) is 0. The Bertz CT molecular complexity index is 535. The van der Waals surface area contributed by atoms with Gasteiger partial charge in [-0.2, -0.15) is 0 Å². The number of carbonyl (C=O) groups excluding carboxylic acids is 1. The van der Waals surface area contributed by atoms with Gasteiger partial charge in [0.25, 0.3) is 5.91 Å². The summed E-state index contributed by atoms with van der Waals surface area (Å²) in [5.74, 6) is -2.21. The molecule has 1 aliphatic rings. The van der Waals surface area contributed by atoms with Crippen LogP contribution in [0.2, 0.25) is 0 Å². The highest BCUT2D eigenvalue weighted by Gasteiger charge is 2.35. The first-order valence-electron chi connectivity index (χ1n) is 6.14. The second-order valence-electron chi connectivity index (χ2n) is 4.75. The van der Waals surface area contributed by atoms with Gasteiger partial charge < -0.3 is 15.2 Å². The summed E-state index contributed by atoms with van der Waals surface area (Å²) >= 11 is 0. The average molecular weight is 303 g/mol. The van der Waals surface area contributed by atoms with Crippen molar-refractivity contribution in [1.29, 1.82) is 0 Å². The van der Waals surface area contributed by atoms with Gasteiger partial charge in [0.1, 0.15) is 5.75 Å². The molecule has 2 rings (SSSR count). The third kappa shape index (κ3) is 4.11. The van der Waals surface area contributed by atoms with E-state index in [2.05, 4.69) is 10.1 Å². The van der Waals surface area contributed by atoms with Gasteiger partial charge in [0.15, 0.2) is 0 Å². The summed E-state index contributed by atoms with van der Waals surface area (Å²) in [7, 11) is 0. The molecule has 1 fully saturated rings. The molecule has 0 heterocycles. The van der Waals surface area contributed by atoms with E-state index >= 15 is 0 Å². The average Bonchev–Trinajstić information content (AvgIpc) is 2.31. The van der Waals surface area contributed by atoms with Crippen LogP contribution in [0.25, 0.3) is 0 Å². The minimum Gasteiger partial charge on any atom is -0.481 e. The first-order chi connectivity index (χ1) is 9.74. The number of aliphatic carboxylic acids is 1. The molecule has 2 N–H and O–H groups in total. The molecule has 8 heteroatoms. The van der Waals surface area contributed by atoms with E-state index in [1.807, 2.05) is 0 Å². The number of nitrogens with one attached hydrogen (secondary N) is 1. The molecule has 21 heavy (non-hydrogen) atoms. The molecule has 1 saturated carbocycles. The van der Waals surface area contributed by atoms with Crippen molar-refractivity contribution < 1.29 is 32.6 Å². The minimum absolute atomic E-state index is 0.184. The fraction of sp³-hybridized carbons (Fsp3) is 0.385. The number of carboxylic acid groups (broad SMARTS) is 1. The van der Waals surface area contributed by atoms with Crippen LogP contribution in [-0.2, 0) is 4.79 Å². The molecule has 0 saturated heterocycles. The normalized spacial score (nSPS) is 21.3.